The smallest absolute Gasteiger partial charge is 0.255 e. The summed E-state index contributed by atoms with van der Waals surface area (Å²) in [4.78, 5) is 28.6. The second kappa shape index (κ2) is 8.56. The summed E-state index contributed by atoms with van der Waals surface area (Å²) in [6.07, 6.45) is 0.466. The van der Waals surface area contributed by atoms with Crippen molar-refractivity contribution in [3.63, 3.8) is 0 Å². The van der Waals surface area contributed by atoms with E-state index in [1.165, 1.54) is 0 Å². The molecule has 1 unspecified atom stereocenters. The highest BCUT2D eigenvalue weighted by atomic mass is 35.5. The summed E-state index contributed by atoms with van der Waals surface area (Å²) in [5.74, 6) is -0.288. The third-order valence-corrected chi connectivity index (χ3v) is 6.19. The second-order valence-corrected chi connectivity index (χ2v) is 8.73. The minimum atomic E-state index is -0.997. The first kappa shape index (κ1) is 21.1. The summed E-state index contributed by atoms with van der Waals surface area (Å²) in [6.45, 7) is 4.63. The lowest BCUT2D eigenvalue weighted by Crippen LogP contribution is -2.62. The number of carbonyl (C=O) groups is 2. The lowest BCUT2D eigenvalue weighted by molar-refractivity contribution is -0.132. The fourth-order valence-electron chi connectivity index (χ4n) is 4.02. The molecule has 3 aromatic carbocycles. The Morgan fingerprint density at radius 3 is 2.35 bits per heavy atom. The maximum absolute atomic E-state index is 13.5. The van der Waals surface area contributed by atoms with Crippen molar-refractivity contribution < 1.29 is 9.59 Å². The van der Waals surface area contributed by atoms with E-state index < -0.39 is 5.54 Å². The van der Waals surface area contributed by atoms with E-state index in [1.807, 2.05) is 74.5 Å². The summed E-state index contributed by atoms with van der Waals surface area (Å²) in [7, 11) is 0. The van der Waals surface area contributed by atoms with Gasteiger partial charge in [-0.1, -0.05) is 71.8 Å². The van der Waals surface area contributed by atoms with Gasteiger partial charge in [-0.15, -0.1) is 0 Å². The van der Waals surface area contributed by atoms with Gasteiger partial charge in [-0.3, -0.25) is 9.59 Å². The standard InChI is InChI=1S/C26H25ClN2O2/c1-18-7-9-20(10-8-18)17-29-24(30)23-6-4-3-5-21(23)15-26(29,2)25(31)28-16-19-11-13-22(27)14-12-19/h3-14H,15-17H2,1-2H3,(H,28,31). The molecule has 2 amide bonds. The van der Waals surface area contributed by atoms with E-state index in [2.05, 4.69) is 5.32 Å². The van der Waals surface area contributed by atoms with E-state index in [1.54, 1.807) is 17.0 Å². The zero-order valence-corrected chi connectivity index (χ0v) is 18.4. The van der Waals surface area contributed by atoms with Crippen LogP contribution in [0.25, 0.3) is 0 Å². The third kappa shape index (κ3) is 4.35. The molecule has 0 spiro atoms. The van der Waals surface area contributed by atoms with Gasteiger partial charge >= 0.3 is 0 Å². The van der Waals surface area contributed by atoms with E-state index in [-0.39, 0.29) is 11.8 Å². The zero-order valence-electron chi connectivity index (χ0n) is 17.7. The van der Waals surface area contributed by atoms with Gasteiger partial charge in [0.1, 0.15) is 5.54 Å². The molecule has 0 radical (unpaired) electrons. The van der Waals surface area contributed by atoms with Gasteiger partial charge in [0.05, 0.1) is 0 Å². The molecule has 0 bridgehead atoms. The second-order valence-electron chi connectivity index (χ2n) is 8.29. The first-order chi connectivity index (χ1) is 14.9. The van der Waals surface area contributed by atoms with Crippen LogP contribution in [0.15, 0.2) is 72.8 Å². The minimum Gasteiger partial charge on any atom is -0.350 e. The number of rotatable bonds is 5. The first-order valence-electron chi connectivity index (χ1n) is 10.3. The largest absolute Gasteiger partial charge is 0.350 e. The molecule has 0 aliphatic carbocycles. The number of fused-ring (bicyclic) bond motifs is 1. The molecular weight excluding hydrogens is 408 g/mol. The van der Waals surface area contributed by atoms with Crippen LogP contribution in [0.4, 0.5) is 0 Å². The molecule has 4 rings (SSSR count). The highest BCUT2D eigenvalue weighted by molar-refractivity contribution is 6.30. The van der Waals surface area contributed by atoms with Crippen molar-refractivity contribution in [1.82, 2.24) is 10.2 Å². The quantitative estimate of drug-likeness (QED) is 0.622. The molecule has 0 aromatic heterocycles. The number of hydrogen-bond donors (Lipinski definition) is 1. The summed E-state index contributed by atoms with van der Waals surface area (Å²) < 4.78 is 0. The third-order valence-electron chi connectivity index (χ3n) is 5.94. The number of amides is 2. The molecular formula is C26H25ClN2O2. The predicted molar refractivity (Wildman–Crippen MR) is 123 cm³/mol. The van der Waals surface area contributed by atoms with Crippen LogP contribution in [-0.4, -0.2) is 22.3 Å². The molecule has 158 valence electrons. The fraction of sp³-hybridized carbons (Fsp3) is 0.231. The molecule has 0 saturated carbocycles. The summed E-state index contributed by atoms with van der Waals surface area (Å²) in [6, 6.07) is 23.0. The number of halogens is 1. The first-order valence-corrected chi connectivity index (χ1v) is 10.7. The van der Waals surface area contributed by atoms with Crippen LogP contribution < -0.4 is 5.32 Å². The Bertz CT molecular complexity index is 1110. The van der Waals surface area contributed by atoms with Gasteiger partial charge in [0.25, 0.3) is 5.91 Å². The molecule has 0 fully saturated rings. The number of hydrogen-bond acceptors (Lipinski definition) is 2. The van der Waals surface area contributed by atoms with E-state index in [9.17, 15) is 9.59 Å². The maximum atomic E-state index is 13.5. The summed E-state index contributed by atoms with van der Waals surface area (Å²) >= 11 is 5.96. The van der Waals surface area contributed by atoms with Crippen molar-refractivity contribution in [3.8, 4) is 0 Å². The number of nitrogens with zero attached hydrogens (tertiary/aromatic N) is 1. The molecule has 31 heavy (non-hydrogen) atoms. The molecule has 1 N–H and O–H groups in total. The molecule has 1 aliphatic heterocycles. The van der Waals surface area contributed by atoms with Gasteiger partial charge in [0.2, 0.25) is 5.91 Å². The van der Waals surface area contributed by atoms with Crippen molar-refractivity contribution in [1.29, 1.82) is 0 Å². The van der Waals surface area contributed by atoms with Gasteiger partial charge in [-0.25, -0.2) is 0 Å². The predicted octanol–water partition coefficient (Wildman–Crippen LogP) is 4.92. The molecule has 4 nitrogen and oxygen atoms in total. The Balaban J connectivity index is 1.63. The lowest BCUT2D eigenvalue weighted by atomic mass is 9.82. The van der Waals surface area contributed by atoms with Crippen LogP contribution in [-0.2, 0) is 24.3 Å². The number of nitrogens with one attached hydrogen (secondary N) is 1. The number of aryl methyl sites for hydroxylation is 1. The van der Waals surface area contributed by atoms with Gasteiger partial charge in [-0.2, -0.15) is 0 Å². The Morgan fingerprint density at radius 1 is 1.00 bits per heavy atom. The molecule has 1 atom stereocenters. The van der Waals surface area contributed by atoms with Crippen molar-refractivity contribution in [2.45, 2.75) is 38.9 Å². The topological polar surface area (TPSA) is 49.4 Å². The number of carbonyl (C=O) groups excluding carboxylic acids is 2. The monoisotopic (exact) mass is 432 g/mol. The van der Waals surface area contributed by atoms with E-state index >= 15 is 0 Å². The number of benzene rings is 3. The van der Waals surface area contributed by atoms with Gasteiger partial charge < -0.3 is 10.2 Å². The average Bonchev–Trinajstić information content (AvgIpc) is 2.77. The molecule has 5 heteroatoms. The highest BCUT2D eigenvalue weighted by Crippen LogP contribution is 2.33. The zero-order chi connectivity index (χ0) is 22.0. The van der Waals surface area contributed by atoms with Crippen LogP contribution in [0.3, 0.4) is 0 Å². The van der Waals surface area contributed by atoms with E-state index in [0.717, 1.165) is 22.3 Å². The van der Waals surface area contributed by atoms with Crippen LogP contribution in [0.5, 0.6) is 0 Å². The van der Waals surface area contributed by atoms with Gasteiger partial charge in [0.15, 0.2) is 0 Å². The Kier molecular flexibility index (Phi) is 5.84. The van der Waals surface area contributed by atoms with E-state index in [0.29, 0.717) is 30.1 Å². The lowest BCUT2D eigenvalue weighted by Gasteiger charge is -2.44. The van der Waals surface area contributed by atoms with E-state index in [4.69, 9.17) is 11.6 Å². The normalized spacial score (nSPS) is 17.9. The van der Waals surface area contributed by atoms with Crippen LogP contribution in [0.2, 0.25) is 5.02 Å². The van der Waals surface area contributed by atoms with Crippen LogP contribution >= 0.6 is 11.6 Å². The van der Waals surface area contributed by atoms with Crippen molar-refractivity contribution in [3.05, 3.63) is 106 Å². The SMILES string of the molecule is Cc1ccc(CN2C(=O)c3ccccc3CC2(C)C(=O)NCc2ccc(Cl)cc2)cc1. The summed E-state index contributed by atoms with van der Waals surface area (Å²) in [5, 5.41) is 3.68. The summed E-state index contributed by atoms with van der Waals surface area (Å²) in [5.41, 5.74) is 3.67. The maximum Gasteiger partial charge on any atom is 0.255 e. The molecule has 1 aliphatic rings. The van der Waals surface area contributed by atoms with Crippen molar-refractivity contribution in [2.75, 3.05) is 0 Å². The minimum absolute atomic E-state index is 0.119. The molecule has 3 aromatic rings. The van der Waals surface area contributed by atoms with Crippen molar-refractivity contribution in [2.24, 2.45) is 0 Å². The molecule has 0 saturated heterocycles. The van der Waals surface area contributed by atoms with Crippen LogP contribution in [0, 0.1) is 6.92 Å². The fourth-order valence-corrected chi connectivity index (χ4v) is 4.15. The van der Waals surface area contributed by atoms with Gasteiger partial charge in [0, 0.05) is 30.1 Å². The van der Waals surface area contributed by atoms with Crippen molar-refractivity contribution >= 4 is 23.4 Å². The molecule has 1 heterocycles. The Hall–Kier alpha value is -3.11. The Labute approximate surface area is 187 Å². The van der Waals surface area contributed by atoms with Crippen LogP contribution in [0.1, 0.15) is 39.5 Å². The highest BCUT2D eigenvalue weighted by Gasteiger charge is 2.46. The van der Waals surface area contributed by atoms with Gasteiger partial charge in [-0.05, 0) is 48.7 Å². The average molecular weight is 433 g/mol. The Morgan fingerprint density at radius 2 is 1.65 bits per heavy atom.